The molecule has 3 aromatic carbocycles. The van der Waals surface area contributed by atoms with Crippen molar-refractivity contribution in [3.05, 3.63) is 94.5 Å². The molecular formula is C29H25F10NO2. The van der Waals surface area contributed by atoms with Crippen LogP contribution in [0.25, 0.3) is 0 Å². The van der Waals surface area contributed by atoms with Crippen LogP contribution in [0.1, 0.15) is 46.7 Å². The van der Waals surface area contributed by atoms with Crippen molar-refractivity contribution in [3.8, 4) is 11.5 Å². The van der Waals surface area contributed by atoms with Crippen molar-refractivity contribution >= 4 is 0 Å². The number of hydrogen-bond donors (Lipinski definition) is 2. The van der Waals surface area contributed by atoms with Crippen LogP contribution in [0.5, 0.6) is 11.5 Å². The van der Waals surface area contributed by atoms with Gasteiger partial charge in [-0.3, -0.25) is 0 Å². The second-order valence-electron chi connectivity index (χ2n) is 9.98. The van der Waals surface area contributed by atoms with E-state index >= 15 is 0 Å². The number of nitrogens with one attached hydrogen (secondary N) is 1. The minimum atomic E-state index is -6.58. The van der Waals surface area contributed by atoms with Crippen LogP contribution >= 0.6 is 0 Å². The highest BCUT2D eigenvalue weighted by Gasteiger charge is 2.73. The summed E-state index contributed by atoms with van der Waals surface area (Å²) in [5, 5.41) is 11.9. The van der Waals surface area contributed by atoms with Gasteiger partial charge in [-0.25, -0.2) is 0 Å². The molecule has 42 heavy (non-hydrogen) atoms. The Kier molecular flexibility index (Phi) is 8.85. The number of fused-ring (bicyclic) bond motifs is 1. The van der Waals surface area contributed by atoms with Gasteiger partial charge in [0.1, 0.15) is 11.5 Å². The topological polar surface area (TPSA) is 41.5 Å². The summed E-state index contributed by atoms with van der Waals surface area (Å²) in [6.45, 7) is -1.15. The van der Waals surface area contributed by atoms with Gasteiger partial charge >= 0.3 is 24.2 Å². The Bertz CT molecular complexity index is 1390. The maximum Gasteiger partial charge on any atom is 0.460 e. The summed E-state index contributed by atoms with van der Waals surface area (Å²) in [7, 11) is 0. The SMILES string of the molecule is O[C@H](CNC(c1cccc(Oc2ccc3c(c2)CCCC3)c1)c1cccc(C(F)(F)C(F)(F)C(F)(F)F)c1)C(F)(F)F. The van der Waals surface area contributed by atoms with Gasteiger partial charge in [0.15, 0.2) is 6.10 Å². The van der Waals surface area contributed by atoms with Gasteiger partial charge in [-0.1, -0.05) is 36.4 Å². The third-order valence-corrected chi connectivity index (χ3v) is 6.97. The predicted molar refractivity (Wildman–Crippen MR) is 133 cm³/mol. The zero-order valence-corrected chi connectivity index (χ0v) is 21.7. The van der Waals surface area contributed by atoms with Gasteiger partial charge in [0.25, 0.3) is 0 Å². The maximum absolute atomic E-state index is 14.5. The lowest BCUT2D eigenvalue weighted by molar-refractivity contribution is -0.359. The Hall–Kier alpha value is -3.32. The highest BCUT2D eigenvalue weighted by Crippen LogP contribution is 2.52. The Labute approximate surface area is 234 Å². The zero-order chi connectivity index (χ0) is 30.9. The summed E-state index contributed by atoms with van der Waals surface area (Å²) in [6.07, 6.45) is -10.7. The Morgan fingerprint density at radius 1 is 0.714 bits per heavy atom. The van der Waals surface area contributed by atoms with Gasteiger partial charge in [-0.15, -0.1) is 0 Å². The van der Waals surface area contributed by atoms with E-state index in [9.17, 15) is 49.0 Å². The molecule has 1 unspecified atom stereocenters. The average Bonchev–Trinajstić information content (AvgIpc) is 2.92. The van der Waals surface area contributed by atoms with Crippen molar-refractivity contribution in [2.45, 2.75) is 62.0 Å². The number of aliphatic hydroxyl groups excluding tert-OH is 1. The minimum Gasteiger partial charge on any atom is -0.457 e. The molecule has 13 heteroatoms. The molecule has 0 amide bonds. The monoisotopic (exact) mass is 609 g/mol. The molecule has 2 atom stereocenters. The number of rotatable bonds is 9. The fraction of sp³-hybridized carbons (Fsp3) is 0.379. The molecule has 228 valence electrons. The van der Waals surface area contributed by atoms with E-state index in [1.165, 1.54) is 29.8 Å². The molecule has 0 spiro atoms. The van der Waals surface area contributed by atoms with Crippen molar-refractivity contribution in [3.63, 3.8) is 0 Å². The van der Waals surface area contributed by atoms with Crippen molar-refractivity contribution in [2.24, 2.45) is 0 Å². The molecule has 1 aliphatic carbocycles. The van der Waals surface area contributed by atoms with Crippen molar-refractivity contribution in [2.75, 3.05) is 6.54 Å². The highest BCUT2D eigenvalue weighted by atomic mass is 19.4. The molecule has 0 bridgehead atoms. The van der Waals surface area contributed by atoms with E-state index in [4.69, 9.17) is 4.74 Å². The van der Waals surface area contributed by atoms with Crippen LogP contribution in [0, 0.1) is 0 Å². The van der Waals surface area contributed by atoms with Crippen molar-refractivity contribution in [1.82, 2.24) is 5.32 Å². The standard InChI is InChI=1S/C29H25F10NO2/c30-26(31,28(35,36)29(37,38)39)21-9-3-7-19(13-21)25(40-16-24(41)27(32,33)34)20-8-4-10-22(15-20)42-23-12-11-17-5-1-2-6-18(17)14-23/h3-4,7-15,24-25,40-41H,1-2,5-6,16H2/t24-,25?/m1/s1. The predicted octanol–water partition coefficient (Wildman–Crippen LogP) is 8.25. The number of halogens is 10. The second-order valence-corrected chi connectivity index (χ2v) is 9.98. The number of aryl methyl sites for hydroxylation is 2. The number of hydrogen-bond acceptors (Lipinski definition) is 3. The maximum atomic E-state index is 14.5. The first-order valence-corrected chi connectivity index (χ1v) is 12.8. The summed E-state index contributed by atoms with van der Waals surface area (Å²) >= 11 is 0. The average molecular weight is 610 g/mol. The van der Waals surface area contributed by atoms with E-state index in [-0.39, 0.29) is 16.9 Å². The smallest absolute Gasteiger partial charge is 0.457 e. The molecular weight excluding hydrogens is 584 g/mol. The molecule has 2 N–H and O–H groups in total. The molecule has 3 aromatic rings. The van der Waals surface area contributed by atoms with Gasteiger partial charge in [0, 0.05) is 12.1 Å². The summed E-state index contributed by atoms with van der Waals surface area (Å²) in [5.74, 6) is -11.5. The lowest BCUT2D eigenvalue weighted by Crippen LogP contribution is -2.50. The highest BCUT2D eigenvalue weighted by molar-refractivity contribution is 5.43. The van der Waals surface area contributed by atoms with Crippen LogP contribution < -0.4 is 10.1 Å². The third kappa shape index (κ3) is 6.67. The molecule has 1 aliphatic rings. The second kappa shape index (κ2) is 11.8. The Balaban J connectivity index is 1.70. The summed E-state index contributed by atoms with van der Waals surface area (Å²) in [4.78, 5) is 0. The van der Waals surface area contributed by atoms with Crippen LogP contribution in [0.3, 0.4) is 0 Å². The number of benzene rings is 3. The fourth-order valence-electron chi connectivity index (χ4n) is 4.71. The minimum absolute atomic E-state index is 0.0999. The molecule has 0 fully saturated rings. The van der Waals surface area contributed by atoms with E-state index in [0.717, 1.165) is 43.4 Å². The first kappa shape index (κ1) is 31.6. The van der Waals surface area contributed by atoms with Crippen molar-refractivity contribution in [1.29, 1.82) is 0 Å². The normalized spacial score (nSPS) is 16.1. The van der Waals surface area contributed by atoms with Gasteiger partial charge in [0.2, 0.25) is 0 Å². The van der Waals surface area contributed by atoms with E-state index < -0.39 is 48.5 Å². The van der Waals surface area contributed by atoms with Gasteiger partial charge in [0.05, 0.1) is 6.04 Å². The first-order chi connectivity index (χ1) is 19.5. The molecule has 0 saturated carbocycles. The number of ether oxygens (including phenoxy) is 1. The lowest BCUT2D eigenvalue weighted by Gasteiger charge is -2.29. The third-order valence-electron chi connectivity index (χ3n) is 6.97. The number of aliphatic hydroxyl groups is 1. The van der Waals surface area contributed by atoms with E-state index in [1.807, 2.05) is 12.1 Å². The molecule has 0 aliphatic heterocycles. The van der Waals surface area contributed by atoms with E-state index in [0.29, 0.717) is 17.9 Å². The molecule has 0 radical (unpaired) electrons. The van der Waals surface area contributed by atoms with Crippen LogP contribution in [0.4, 0.5) is 43.9 Å². The number of alkyl halides is 10. The lowest BCUT2D eigenvalue weighted by atomic mass is 9.92. The van der Waals surface area contributed by atoms with Gasteiger partial charge in [-0.05, 0) is 78.3 Å². The summed E-state index contributed by atoms with van der Waals surface area (Å²) in [5.41, 5.74) is 0.326. The molecule has 3 nitrogen and oxygen atoms in total. The quantitative estimate of drug-likeness (QED) is 0.240. The van der Waals surface area contributed by atoms with Crippen LogP contribution in [-0.4, -0.2) is 36.0 Å². The summed E-state index contributed by atoms with van der Waals surface area (Å²) in [6, 6.07) is 12.3. The van der Waals surface area contributed by atoms with Crippen LogP contribution in [-0.2, 0) is 18.8 Å². The van der Waals surface area contributed by atoms with Crippen molar-refractivity contribution < 1.29 is 53.7 Å². The largest absolute Gasteiger partial charge is 0.460 e. The molecule has 0 aromatic heterocycles. The molecule has 4 rings (SSSR count). The van der Waals surface area contributed by atoms with Crippen LogP contribution in [0.2, 0.25) is 0 Å². The van der Waals surface area contributed by atoms with E-state index in [2.05, 4.69) is 5.32 Å². The first-order valence-electron chi connectivity index (χ1n) is 12.8. The zero-order valence-electron chi connectivity index (χ0n) is 21.7. The van der Waals surface area contributed by atoms with Crippen LogP contribution in [0.15, 0.2) is 66.7 Å². The Morgan fingerprint density at radius 2 is 1.31 bits per heavy atom. The van der Waals surface area contributed by atoms with E-state index in [1.54, 1.807) is 6.07 Å². The fourth-order valence-corrected chi connectivity index (χ4v) is 4.71. The molecule has 0 heterocycles. The van der Waals surface area contributed by atoms with Gasteiger partial charge in [-0.2, -0.15) is 43.9 Å². The molecule has 0 saturated heterocycles. The summed E-state index contributed by atoms with van der Waals surface area (Å²) < 4.78 is 140. The Morgan fingerprint density at radius 3 is 1.95 bits per heavy atom. The van der Waals surface area contributed by atoms with Gasteiger partial charge < -0.3 is 15.2 Å².